The summed E-state index contributed by atoms with van der Waals surface area (Å²) in [4.78, 5) is 8.58. The van der Waals surface area contributed by atoms with Crippen LogP contribution in [0, 0.1) is 0 Å². The molecule has 21 heavy (non-hydrogen) atoms. The number of anilines is 3. The number of ether oxygens (including phenoxy) is 1. The molecule has 0 fully saturated rings. The van der Waals surface area contributed by atoms with Gasteiger partial charge in [0.05, 0.1) is 6.61 Å². The molecule has 2 N–H and O–H groups in total. The Hall–Kier alpha value is -2.14. The first-order chi connectivity index (χ1) is 10.2. The molecule has 0 aliphatic carbocycles. The number of aromatic nitrogens is 2. The lowest BCUT2D eigenvalue weighted by Gasteiger charge is -2.10. The van der Waals surface area contributed by atoms with Gasteiger partial charge in [-0.25, -0.2) is 4.98 Å². The van der Waals surface area contributed by atoms with Crippen LogP contribution in [0.1, 0.15) is 25.3 Å². The molecule has 0 radical (unpaired) electrons. The fourth-order valence-electron chi connectivity index (χ4n) is 1.88. The number of methoxy groups -OCH3 is 1. The number of hydrogen-bond acceptors (Lipinski definition) is 5. The van der Waals surface area contributed by atoms with E-state index in [9.17, 15) is 0 Å². The van der Waals surface area contributed by atoms with E-state index in [1.807, 2.05) is 6.07 Å². The molecule has 0 amide bonds. The van der Waals surface area contributed by atoms with Crippen LogP contribution in [0.2, 0.25) is 0 Å². The van der Waals surface area contributed by atoms with Crippen molar-refractivity contribution < 1.29 is 4.74 Å². The second-order valence-electron chi connectivity index (χ2n) is 5.09. The quantitative estimate of drug-likeness (QED) is 0.764. The third-order valence-electron chi connectivity index (χ3n) is 3.09. The maximum absolute atomic E-state index is 4.99. The van der Waals surface area contributed by atoms with Crippen molar-refractivity contribution in [2.24, 2.45) is 0 Å². The lowest BCUT2D eigenvalue weighted by atomic mass is 10.0. The van der Waals surface area contributed by atoms with Gasteiger partial charge in [0.25, 0.3) is 0 Å². The summed E-state index contributed by atoms with van der Waals surface area (Å²) in [7, 11) is 1.67. The Kier molecular flexibility index (Phi) is 5.51. The molecule has 2 aromatic rings. The highest BCUT2D eigenvalue weighted by Gasteiger charge is 2.01. The molecule has 1 heterocycles. The van der Waals surface area contributed by atoms with E-state index in [-0.39, 0.29) is 0 Å². The maximum Gasteiger partial charge on any atom is 0.224 e. The third kappa shape index (κ3) is 4.72. The normalized spacial score (nSPS) is 10.7. The molecule has 1 aromatic heterocycles. The van der Waals surface area contributed by atoms with E-state index >= 15 is 0 Å². The van der Waals surface area contributed by atoms with Gasteiger partial charge in [0.15, 0.2) is 0 Å². The van der Waals surface area contributed by atoms with Crippen molar-refractivity contribution in [3.8, 4) is 0 Å². The van der Waals surface area contributed by atoms with Crippen LogP contribution in [0.3, 0.4) is 0 Å². The molecule has 0 saturated heterocycles. The minimum atomic E-state index is 0.537. The monoisotopic (exact) mass is 286 g/mol. The summed E-state index contributed by atoms with van der Waals surface area (Å²) < 4.78 is 4.99. The first kappa shape index (κ1) is 15.3. The average Bonchev–Trinajstić information content (AvgIpc) is 2.48. The van der Waals surface area contributed by atoms with E-state index in [0.29, 0.717) is 25.0 Å². The summed E-state index contributed by atoms with van der Waals surface area (Å²) in [6, 6.07) is 10.2. The summed E-state index contributed by atoms with van der Waals surface area (Å²) in [5.74, 6) is 1.90. The Bertz CT molecular complexity index is 554. The van der Waals surface area contributed by atoms with Crippen LogP contribution in [0.4, 0.5) is 17.5 Å². The molecule has 0 bridgehead atoms. The van der Waals surface area contributed by atoms with Gasteiger partial charge in [-0.3, -0.25) is 0 Å². The third-order valence-corrected chi connectivity index (χ3v) is 3.09. The molecule has 2 rings (SSSR count). The summed E-state index contributed by atoms with van der Waals surface area (Å²) in [6.07, 6.45) is 1.73. The summed E-state index contributed by atoms with van der Waals surface area (Å²) in [5.41, 5.74) is 2.34. The number of rotatable bonds is 7. The van der Waals surface area contributed by atoms with Gasteiger partial charge in [-0.1, -0.05) is 26.0 Å². The first-order valence-electron chi connectivity index (χ1n) is 7.12. The first-order valence-corrected chi connectivity index (χ1v) is 7.12. The van der Waals surface area contributed by atoms with Crippen molar-refractivity contribution in [1.29, 1.82) is 0 Å². The van der Waals surface area contributed by atoms with Crippen molar-refractivity contribution in [3.63, 3.8) is 0 Å². The van der Waals surface area contributed by atoms with Gasteiger partial charge in [0.2, 0.25) is 5.95 Å². The molecule has 5 heteroatoms. The Balaban J connectivity index is 2.00. The van der Waals surface area contributed by atoms with E-state index < -0.39 is 0 Å². The van der Waals surface area contributed by atoms with Crippen LogP contribution in [-0.2, 0) is 4.74 Å². The van der Waals surface area contributed by atoms with Gasteiger partial charge in [-0.05, 0) is 29.7 Å². The number of benzene rings is 1. The van der Waals surface area contributed by atoms with E-state index in [1.165, 1.54) is 5.56 Å². The van der Waals surface area contributed by atoms with Gasteiger partial charge >= 0.3 is 0 Å². The summed E-state index contributed by atoms with van der Waals surface area (Å²) in [5, 5.41) is 6.39. The van der Waals surface area contributed by atoms with Gasteiger partial charge in [-0.2, -0.15) is 4.98 Å². The zero-order valence-corrected chi connectivity index (χ0v) is 12.8. The van der Waals surface area contributed by atoms with Gasteiger partial charge < -0.3 is 15.4 Å². The molecule has 1 aromatic carbocycles. The molecule has 0 atom stereocenters. The molecule has 5 nitrogen and oxygen atoms in total. The van der Waals surface area contributed by atoms with Gasteiger partial charge in [0, 0.05) is 25.5 Å². The van der Waals surface area contributed by atoms with Crippen molar-refractivity contribution in [3.05, 3.63) is 42.1 Å². The van der Waals surface area contributed by atoms with Crippen molar-refractivity contribution >= 4 is 17.5 Å². The molecular weight excluding hydrogens is 264 g/mol. The number of nitrogens with zero attached hydrogens (tertiary/aromatic N) is 2. The Morgan fingerprint density at radius 1 is 1.14 bits per heavy atom. The summed E-state index contributed by atoms with van der Waals surface area (Å²) in [6.45, 7) is 5.68. The Morgan fingerprint density at radius 3 is 2.57 bits per heavy atom. The minimum Gasteiger partial charge on any atom is -0.383 e. The van der Waals surface area contributed by atoms with E-state index in [2.05, 4.69) is 58.7 Å². The van der Waals surface area contributed by atoms with Crippen LogP contribution in [0.25, 0.3) is 0 Å². The van der Waals surface area contributed by atoms with E-state index in [4.69, 9.17) is 4.74 Å². The average molecular weight is 286 g/mol. The predicted molar refractivity (Wildman–Crippen MR) is 86.2 cm³/mol. The fraction of sp³-hybridized carbons (Fsp3) is 0.375. The van der Waals surface area contributed by atoms with Crippen molar-refractivity contribution in [2.75, 3.05) is 30.9 Å². The van der Waals surface area contributed by atoms with Crippen LogP contribution >= 0.6 is 0 Å². The van der Waals surface area contributed by atoms with Crippen LogP contribution in [0.5, 0.6) is 0 Å². The van der Waals surface area contributed by atoms with Crippen LogP contribution < -0.4 is 10.6 Å². The lowest BCUT2D eigenvalue weighted by molar-refractivity contribution is 0.210. The van der Waals surface area contributed by atoms with Crippen molar-refractivity contribution in [2.45, 2.75) is 19.8 Å². The number of hydrogen-bond donors (Lipinski definition) is 2. The second kappa shape index (κ2) is 7.59. The fourth-order valence-corrected chi connectivity index (χ4v) is 1.88. The maximum atomic E-state index is 4.99. The van der Waals surface area contributed by atoms with Crippen LogP contribution in [-0.4, -0.2) is 30.2 Å². The predicted octanol–water partition coefficient (Wildman–Crippen LogP) is 3.40. The molecule has 0 aliphatic heterocycles. The van der Waals surface area contributed by atoms with Gasteiger partial charge in [-0.15, -0.1) is 0 Å². The molecular formula is C16H22N4O. The minimum absolute atomic E-state index is 0.537. The SMILES string of the molecule is COCCNc1nccc(Nc2ccc(C(C)C)cc2)n1. The molecule has 0 saturated carbocycles. The van der Waals surface area contributed by atoms with Gasteiger partial charge in [0.1, 0.15) is 5.82 Å². The second-order valence-corrected chi connectivity index (χ2v) is 5.09. The van der Waals surface area contributed by atoms with E-state index in [1.54, 1.807) is 13.3 Å². The molecule has 112 valence electrons. The zero-order valence-electron chi connectivity index (χ0n) is 12.8. The largest absolute Gasteiger partial charge is 0.383 e. The number of nitrogens with one attached hydrogen (secondary N) is 2. The molecule has 0 unspecified atom stereocenters. The van der Waals surface area contributed by atoms with E-state index in [0.717, 1.165) is 11.5 Å². The Morgan fingerprint density at radius 2 is 1.90 bits per heavy atom. The van der Waals surface area contributed by atoms with Crippen LogP contribution in [0.15, 0.2) is 36.5 Å². The lowest BCUT2D eigenvalue weighted by Crippen LogP contribution is -2.10. The molecule has 0 aliphatic rings. The zero-order chi connectivity index (χ0) is 15.1. The summed E-state index contributed by atoms with van der Waals surface area (Å²) >= 11 is 0. The highest BCUT2D eigenvalue weighted by atomic mass is 16.5. The van der Waals surface area contributed by atoms with Crippen molar-refractivity contribution in [1.82, 2.24) is 9.97 Å². The highest BCUT2D eigenvalue weighted by Crippen LogP contribution is 2.19. The highest BCUT2D eigenvalue weighted by molar-refractivity contribution is 5.57. The molecule has 0 spiro atoms. The standard InChI is InChI=1S/C16H22N4O/c1-12(2)13-4-6-14(7-5-13)19-15-8-9-17-16(20-15)18-10-11-21-3/h4-9,12H,10-11H2,1-3H3,(H2,17,18,19,20). The topological polar surface area (TPSA) is 59.1 Å². The smallest absolute Gasteiger partial charge is 0.224 e. The Labute approximate surface area is 125 Å².